The van der Waals surface area contributed by atoms with E-state index in [0.29, 0.717) is 0 Å². The Morgan fingerprint density at radius 3 is 1.65 bits per heavy atom. The first-order chi connectivity index (χ1) is 8.95. The highest BCUT2D eigenvalue weighted by molar-refractivity contribution is 7.47. The van der Waals surface area contributed by atoms with Crippen molar-refractivity contribution in [2.75, 3.05) is 39.9 Å². The Kier molecular flexibility index (Phi) is 10.8. The molecule has 0 fully saturated rings. The maximum atomic E-state index is 11.4. The largest absolute Gasteiger partial charge is 0.472 e. The Hall–Kier alpha value is -0.140. The summed E-state index contributed by atoms with van der Waals surface area (Å²) in [7, 11) is -2.22. The highest BCUT2D eigenvalue weighted by Gasteiger charge is 2.33. The molecule has 5 nitrogen and oxygen atoms in total. The SMILES string of the molecule is CCOP(=O)(O)OCC(F)(F)F.CC[N+](C)(CC)CC. The zero-order valence-corrected chi connectivity index (χ0v) is 13.6. The van der Waals surface area contributed by atoms with E-state index >= 15 is 0 Å². The average Bonchev–Trinajstić information content (AvgIpc) is 2.36. The number of hydrogen-bond donors (Lipinski definition) is 1. The van der Waals surface area contributed by atoms with E-state index in [9.17, 15) is 17.7 Å². The number of phosphoric acid groups is 1. The minimum atomic E-state index is -4.63. The van der Waals surface area contributed by atoms with Crippen molar-refractivity contribution >= 4 is 7.82 Å². The van der Waals surface area contributed by atoms with Gasteiger partial charge in [-0.25, -0.2) is 4.57 Å². The lowest BCUT2D eigenvalue weighted by Gasteiger charge is -2.30. The summed E-state index contributed by atoms with van der Waals surface area (Å²) in [4.78, 5) is 8.49. The van der Waals surface area contributed by atoms with E-state index in [1.807, 2.05) is 0 Å². The van der Waals surface area contributed by atoms with Crippen LogP contribution >= 0.6 is 7.82 Å². The van der Waals surface area contributed by atoms with E-state index in [-0.39, 0.29) is 6.61 Å². The van der Waals surface area contributed by atoms with Gasteiger partial charge in [0.1, 0.15) is 0 Å². The van der Waals surface area contributed by atoms with Crippen LogP contribution in [0.15, 0.2) is 0 Å². The van der Waals surface area contributed by atoms with Gasteiger partial charge in [-0.05, 0) is 27.7 Å². The molecule has 0 spiro atoms. The van der Waals surface area contributed by atoms with Gasteiger partial charge in [-0.15, -0.1) is 0 Å². The number of halogens is 3. The van der Waals surface area contributed by atoms with Crippen LogP contribution in [0.5, 0.6) is 0 Å². The molecule has 9 heteroatoms. The Bertz CT molecular complexity index is 288. The molecule has 0 aliphatic heterocycles. The molecule has 0 aromatic heterocycles. The summed E-state index contributed by atoms with van der Waals surface area (Å²) >= 11 is 0. The smallest absolute Gasteiger partial charge is 0.327 e. The molecule has 0 rings (SSSR count). The second-order valence-corrected chi connectivity index (χ2v) is 5.80. The highest BCUT2D eigenvalue weighted by atomic mass is 31.2. The van der Waals surface area contributed by atoms with Crippen LogP contribution in [0.1, 0.15) is 27.7 Å². The molecule has 1 atom stereocenters. The summed E-state index contributed by atoms with van der Waals surface area (Å²) in [5.74, 6) is 0. The monoisotopic (exact) mass is 324 g/mol. The van der Waals surface area contributed by atoms with Gasteiger partial charge in [0, 0.05) is 0 Å². The molecule has 0 aromatic carbocycles. The third-order valence-corrected chi connectivity index (χ3v) is 4.01. The quantitative estimate of drug-likeness (QED) is 0.577. The molecule has 0 aliphatic carbocycles. The first kappa shape index (κ1) is 22.1. The predicted octanol–water partition coefficient (Wildman–Crippen LogP) is 3.19. The summed E-state index contributed by atoms with van der Waals surface area (Å²) in [5.41, 5.74) is 0. The van der Waals surface area contributed by atoms with Crippen LogP contribution in [0.3, 0.4) is 0 Å². The van der Waals surface area contributed by atoms with Crippen molar-refractivity contribution in [2.45, 2.75) is 33.9 Å². The van der Waals surface area contributed by atoms with E-state index in [4.69, 9.17) is 4.89 Å². The molecule has 1 N–H and O–H groups in total. The topological polar surface area (TPSA) is 55.8 Å². The van der Waals surface area contributed by atoms with Crippen LogP contribution in [0.4, 0.5) is 13.2 Å². The van der Waals surface area contributed by atoms with Gasteiger partial charge in [-0.2, -0.15) is 13.2 Å². The number of alkyl halides is 3. The van der Waals surface area contributed by atoms with Gasteiger partial charge in [0.2, 0.25) is 0 Å². The van der Waals surface area contributed by atoms with E-state index in [1.165, 1.54) is 31.0 Å². The highest BCUT2D eigenvalue weighted by Crippen LogP contribution is 2.44. The lowest BCUT2D eigenvalue weighted by atomic mass is 10.4. The van der Waals surface area contributed by atoms with Gasteiger partial charge < -0.3 is 9.38 Å². The van der Waals surface area contributed by atoms with Gasteiger partial charge in [0.05, 0.1) is 33.3 Å². The molecule has 20 heavy (non-hydrogen) atoms. The van der Waals surface area contributed by atoms with Gasteiger partial charge in [0.25, 0.3) is 0 Å². The van der Waals surface area contributed by atoms with E-state index in [1.54, 1.807) is 0 Å². The van der Waals surface area contributed by atoms with Crippen molar-refractivity contribution in [3.63, 3.8) is 0 Å². The molecule has 0 saturated carbocycles. The normalized spacial score (nSPS) is 15.2. The maximum Gasteiger partial charge on any atom is 0.472 e. The molecule has 0 saturated heterocycles. The number of hydrogen-bond acceptors (Lipinski definition) is 3. The van der Waals surface area contributed by atoms with Crippen molar-refractivity contribution in [3.8, 4) is 0 Å². The van der Waals surface area contributed by atoms with Gasteiger partial charge in [-0.3, -0.25) is 9.05 Å². The van der Waals surface area contributed by atoms with Gasteiger partial charge >= 0.3 is 14.0 Å². The zero-order valence-electron chi connectivity index (χ0n) is 12.7. The molecule has 1 unspecified atom stereocenters. The lowest BCUT2D eigenvalue weighted by molar-refractivity contribution is -0.904. The van der Waals surface area contributed by atoms with Gasteiger partial charge in [-0.1, -0.05) is 0 Å². The number of nitrogens with zero attached hydrogens (tertiary/aromatic N) is 1. The summed E-state index contributed by atoms with van der Waals surface area (Å²) < 4.78 is 53.5. The Labute approximate surface area is 118 Å². The molecule has 0 amide bonds. The molecular formula is C11H26F3NO4P+. The van der Waals surface area contributed by atoms with Crippen LogP contribution in [0.2, 0.25) is 0 Å². The van der Waals surface area contributed by atoms with Crippen LogP contribution in [0.25, 0.3) is 0 Å². The Morgan fingerprint density at radius 2 is 1.45 bits per heavy atom. The molecule has 124 valence electrons. The second-order valence-electron chi connectivity index (χ2n) is 4.34. The fourth-order valence-corrected chi connectivity index (χ4v) is 1.74. The summed E-state index contributed by atoms with van der Waals surface area (Å²) in [6.07, 6.45) is -4.63. The third-order valence-electron chi connectivity index (χ3n) is 2.97. The van der Waals surface area contributed by atoms with E-state index < -0.39 is 20.6 Å². The number of phosphoric ester groups is 1. The standard InChI is InChI=1S/C7H18N.C4H8F3O4P/c1-5-8(4,6-2)7-3;1-2-10-12(8,9)11-3-4(5,6)7/h5-7H2,1-4H3;2-3H2,1H3,(H,8,9)/q+1;. The van der Waals surface area contributed by atoms with Crippen LogP contribution in [-0.2, 0) is 13.6 Å². The maximum absolute atomic E-state index is 11.4. The van der Waals surface area contributed by atoms with Crippen molar-refractivity contribution in [2.24, 2.45) is 0 Å². The third kappa shape index (κ3) is 12.9. The molecule has 0 radical (unpaired) electrons. The first-order valence-corrected chi connectivity index (χ1v) is 7.97. The molecule has 0 bridgehead atoms. The predicted molar refractivity (Wildman–Crippen MR) is 71.3 cm³/mol. The Morgan fingerprint density at radius 1 is 1.05 bits per heavy atom. The van der Waals surface area contributed by atoms with Gasteiger partial charge in [0.15, 0.2) is 6.61 Å². The van der Waals surface area contributed by atoms with Crippen LogP contribution in [-0.4, -0.2) is 55.4 Å². The van der Waals surface area contributed by atoms with Crippen molar-refractivity contribution in [3.05, 3.63) is 0 Å². The molecular weight excluding hydrogens is 298 g/mol. The summed E-state index contributed by atoms with van der Waals surface area (Å²) in [5, 5.41) is 0. The van der Waals surface area contributed by atoms with E-state index in [0.717, 1.165) is 0 Å². The molecule has 0 aromatic rings. The first-order valence-electron chi connectivity index (χ1n) is 6.47. The fourth-order valence-electron chi connectivity index (χ4n) is 1.03. The van der Waals surface area contributed by atoms with E-state index in [2.05, 4.69) is 36.9 Å². The van der Waals surface area contributed by atoms with Crippen molar-refractivity contribution < 1.29 is 36.2 Å². The van der Waals surface area contributed by atoms with Crippen molar-refractivity contribution in [1.29, 1.82) is 0 Å². The van der Waals surface area contributed by atoms with Crippen molar-refractivity contribution in [1.82, 2.24) is 0 Å². The van der Waals surface area contributed by atoms with Crippen LogP contribution < -0.4 is 0 Å². The molecule has 0 heterocycles. The minimum Gasteiger partial charge on any atom is -0.327 e. The van der Waals surface area contributed by atoms with Crippen LogP contribution in [0, 0.1) is 0 Å². The lowest BCUT2D eigenvalue weighted by Crippen LogP contribution is -2.42. The number of quaternary nitrogens is 1. The minimum absolute atomic E-state index is 0.189. The average molecular weight is 324 g/mol. The fraction of sp³-hybridized carbons (Fsp3) is 1.00. The molecule has 0 aliphatic rings. The Balaban J connectivity index is 0. The summed E-state index contributed by atoms with van der Waals surface area (Å²) in [6.45, 7) is 9.88. The zero-order chi connectivity index (χ0) is 16.4. The summed E-state index contributed by atoms with van der Waals surface area (Å²) in [6, 6.07) is 0. The number of rotatable bonds is 7. The second kappa shape index (κ2) is 9.73.